The second-order valence-corrected chi connectivity index (χ2v) is 6.53. The van der Waals surface area contributed by atoms with Gasteiger partial charge in [-0.2, -0.15) is 4.57 Å². The van der Waals surface area contributed by atoms with Crippen LogP contribution in [0.15, 0.2) is 54.7 Å². The summed E-state index contributed by atoms with van der Waals surface area (Å²) in [7, 11) is 0. The monoisotopic (exact) mass is 303 g/mol. The molecule has 0 amide bonds. The summed E-state index contributed by atoms with van der Waals surface area (Å²) in [5.74, 6) is 0. The Hall–Kier alpha value is -2.35. The summed E-state index contributed by atoms with van der Waals surface area (Å²) >= 11 is 0. The zero-order valence-corrected chi connectivity index (χ0v) is 14.1. The molecule has 2 aromatic carbocycles. The molecule has 0 unspecified atom stereocenters. The zero-order chi connectivity index (χ0) is 16.0. The number of benzene rings is 2. The molecule has 1 aliphatic heterocycles. The molecule has 0 bridgehead atoms. The molecule has 0 radical (unpaired) electrons. The van der Waals surface area contributed by atoms with Crippen LogP contribution in [0.3, 0.4) is 0 Å². The zero-order valence-electron chi connectivity index (χ0n) is 14.1. The molecular weight excluding hydrogens is 280 g/mol. The van der Waals surface area contributed by atoms with Crippen LogP contribution >= 0.6 is 0 Å². The molecule has 1 aromatic heterocycles. The second-order valence-electron chi connectivity index (χ2n) is 6.53. The van der Waals surface area contributed by atoms with Crippen LogP contribution in [0.1, 0.15) is 32.3 Å². The van der Waals surface area contributed by atoms with Gasteiger partial charge in [0.2, 0.25) is 11.4 Å². The van der Waals surface area contributed by atoms with Gasteiger partial charge in [0.15, 0.2) is 6.20 Å². The van der Waals surface area contributed by atoms with Crippen molar-refractivity contribution in [2.45, 2.75) is 39.3 Å². The molecule has 2 heteroatoms. The summed E-state index contributed by atoms with van der Waals surface area (Å²) in [6.07, 6.45) is 4.35. The number of hydrogen-bond acceptors (Lipinski definition) is 1. The predicted molar refractivity (Wildman–Crippen MR) is 96.5 cm³/mol. The van der Waals surface area contributed by atoms with Crippen molar-refractivity contribution in [2.75, 3.05) is 5.32 Å². The van der Waals surface area contributed by atoms with E-state index < -0.39 is 0 Å². The lowest BCUT2D eigenvalue weighted by atomic mass is 9.92. The molecule has 0 saturated carbocycles. The molecule has 1 N–H and O–H groups in total. The molecular formula is C21H23N2+. The van der Waals surface area contributed by atoms with Gasteiger partial charge in [-0.05, 0) is 30.5 Å². The van der Waals surface area contributed by atoms with Gasteiger partial charge in [0.25, 0.3) is 0 Å². The number of nitrogens with zero attached hydrogens (tertiary/aromatic N) is 1. The van der Waals surface area contributed by atoms with E-state index in [0.29, 0.717) is 0 Å². The third kappa shape index (κ3) is 1.98. The second kappa shape index (κ2) is 5.09. The van der Waals surface area contributed by atoms with Crippen LogP contribution in [0.5, 0.6) is 0 Å². The van der Waals surface area contributed by atoms with E-state index in [1.165, 1.54) is 33.3 Å². The van der Waals surface area contributed by atoms with E-state index in [2.05, 4.69) is 85.4 Å². The Balaban J connectivity index is 2.14. The molecule has 0 atom stereocenters. The molecule has 116 valence electrons. The van der Waals surface area contributed by atoms with Gasteiger partial charge in [-0.3, -0.25) is 0 Å². The largest absolute Gasteiger partial charge is 0.325 e. The summed E-state index contributed by atoms with van der Waals surface area (Å²) in [4.78, 5) is 0. The quantitative estimate of drug-likeness (QED) is 0.659. The molecule has 0 aliphatic carbocycles. The highest BCUT2D eigenvalue weighted by atomic mass is 15.3. The van der Waals surface area contributed by atoms with E-state index in [1.807, 2.05) is 0 Å². The number of nitrogens with one attached hydrogen (secondary N) is 1. The van der Waals surface area contributed by atoms with Crippen LogP contribution in [0.25, 0.3) is 22.0 Å². The first kappa shape index (κ1) is 14.3. The van der Waals surface area contributed by atoms with Crippen LogP contribution in [0.4, 0.5) is 5.69 Å². The minimum Gasteiger partial charge on any atom is -0.325 e. The highest BCUT2D eigenvalue weighted by Gasteiger charge is 2.43. The number of aryl methyl sites for hydroxylation is 1. The van der Waals surface area contributed by atoms with Crippen molar-refractivity contribution < 1.29 is 4.57 Å². The van der Waals surface area contributed by atoms with Crippen molar-refractivity contribution in [2.24, 2.45) is 0 Å². The maximum Gasteiger partial charge on any atom is 0.241 e. The Labute approximate surface area is 137 Å². The van der Waals surface area contributed by atoms with Crippen molar-refractivity contribution in [3.8, 4) is 11.3 Å². The van der Waals surface area contributed by atoms with Crippen molar-refractivity contribution in [1.29, 1.82) is 0 Å². The fraction of sp³-hybridized carbons (Fsp3) is 0.286. The fourth-order valence-electron chi connectivity index (χ4n) is 3.90. The summed E-state index contributed by atoms with van der Waals surface area (Å²) in [5, 5.41) is 6.45. The van der Waals surface area contributed by atoms with Gasteiger partial charge in [0.1, 0.15) is 0 Å². The number of para-hydroxylation sites is 1. The SMILES string of the molecule is CCC1(CC)Nc2ccccc2-c2c3ccc(C)cc3cc[n+]21. The van der Waals surface area contributed by atoms with Crippen molar-refractivity contribution >= 4 is 16.5 Å². The molecule has 3 aromatic rings. The highest BCUT2D eigenvalue weighted by Crippen LogP contribution is 2.39. The molecule has 0 spiro atoms. The smallest absolute Gasteiger partial charge is 0.241 e. The van der Waals surface area contributed by atoms with Gasteiger partial charge in [-0.15, -0.1) is 0 Å². The average Bonchev–Trinajstić information content (AvgIpc) is 2.60. The molecule has 0 saturated heterocycles. The van der Waals surface area contributed by atoms with Gasteiger partial charge in [-0.25, -0.2) is 0 Å². The summed E-state index contributed by atoms with van der Waals surface area (Å²) < 4.78 is 2.45. The van der Waals surface area contributed by atoms with Crippen molar-refractivity contribution in [3.63, 3.8) is 0 Å². The fourth-order valence-corrected chi connectivity index (χ4v) is 3.90. The van der Waals surface area contributed by atoms with Gasteiger partial charge in [0.05, 0.1) is 16.6 Å². The third-order valence-electron chi connectivity index (χ3n) is 5.29. The lowest BCUT2D eigenvalue weighted by Crippen LogP contribution is -2.63. The molecule has 1 aliphatic rings. The molecule has 2 heterocycles. The van der Waals surface area contributed by atoms with E-state index in [4.69, 9.17) is 0 Å². The van der Waals surface area contributed by atoms with Crippen LogP contribution in [-0.4, -0.2) is 0 Å². The van der Waals surface area contributed by atoms with Gasteiger partial charge < -0.3 is 5.32 Å². The standard InChI is InChI=1S/C21H22N2/c1-4-21(5-2)22-19-9-7-6-8-18(19)20-17-11-10-15(3)14-16(17)12-13-23(20)21/h6-14H,4-5H2,1-3H3/p+1. The van der Waals surface area contributed by atoms with Crippen LogP contribution in [0.2, 0.25) is 0 Å². The highest BCUT2D eigenvalue weighted by molar-refractivity contribution is 5.96. The number of fused-ring (bicyclic) bond motifs is 5. The minimum atomic E-state index is -0.0528. The number of aromatic nitrogens is 1. The van der Waals surface area contributed by atoms with Gasteiger partial charge >= 0.3 is 0 Å². The Bertz CT molecular complexity index is 891. The lowest BCUT2D eigenvalue weighted by Gasteiger charge is -2.34. The first-order valence-electron chi connectivity index (χ1n) is 8.51. The van der Waals surface area contributed by atoms with E-state index in [9.17, 15) is 0 Å². The molecule has 4 rings (SSSR count). The van der Waals surface area contributed by atoms with Crippen molar-refractivity contribution in [1.82, 2.24) is 0 Å². The average molecular weight is 303 g/mol. The van der Waals surface area contributed by atoms with Gasteiger partial charge in [-0.1, -0.05) is 43.7 Å². The van der Waals surface area contributed by atoms with E-state index in [0.717, 1.165) is 12.8 Å². The molecule has 0 fully saturated rings. The summed E-state index contributed by atoms with van der Waals surface area (Å²) in [6.45, 7) is 6.69. The van der Waals surface area contributed by atoms with Crippen molar-refractivity contribution in [3.05, 3.63) is 60.3 Å². The number of anilines is 1. The summed E-state index contributed by atoms with van der Waals surface area (Å²) in [6, 6.07) is 17.7. The minimum absolute atomic E-state index is 0.0528. The Morgan fingerprint density at radius 2 is 1.78 bits per heavy atom. The van der Waals surface area contributed by atoms with Crippen LogP contribution < -0.4 is 9.88 Å². The summed E-state index contributed by atoms with van der Waals surface area (Å²) in [5.41, 5.74) is 5.12. The maximum atomic E-state index is 3.81. The number of rotatable bonds is 2. The molecule has 23 heavy (non-hydrogen) atoms. The third-order valence-corrected chi connectivity index (χ3v) is 5.29. The normalized spacial score (nSPS) is 14.9. The molecule has 2 nitrogen and oxygen atoms in total. The van der Waals surface area contributed by atoms with Crippen LogP contribution in [-0.2, 0) is 5.66 Å². The Morgan fingerprint density at radius 1 is 1.00 bits per heavy atom. The topological polar surface area (TPSA) is 15.9 Å². The number of hydrogen-bond donors (Lipinski definition) is 1. The van der Waals surface area contributed by atoms with E-state index >= 15 is 0 Å². The Morgan fingerprint density at radius 3 is 2.57 bits per heavy atom. The predicted octanol–water partition coefficient (Wildman–Crippen LogP) is 5.00. The maximum absolute atomic E-state index is 3.81. The van der Waals surface area contributed by atoms with E-state index in [-0.39, 0.29) is 5.66 Å². The number of pyridine rings is 1. The van der Waals surface area contributed by atoms with E-state index in [1.54, 1.807) is 0 Å². The first-order valence-corrected chi connectivity index (χ1v) is 8.51. The first-order chi connectivity index (χ1) is 11.2. The lowest BCUT2D eigenvalue weighted by molar-refractivity contribution is -0.750. The Kier molecular flexibility index (Phi) is 3.15. The van der Waals surface area contributed by atoms with Crippen LogP contribution in [0, 0.1) is 6.92 Å². The van der Waals surface area contributed by atoms with Gasteiger partial charge in [0, 0.05) is 18.9 Å².